The van der Waals surface area contributed by atoms with Gasteiger partial charge < -0.3 is 0 Å². The van der Waals surface area contributed by atoms with Crippen LogP contribution in [0, 0.1) is 0 Å². The van der Waals surface area contributed by atoms with Crippen molar-refractivity contribution >= 4 is 8.30 Å². The van der Waals surface area contributed by atoms with E-state index in [9.17, 15) is 20.5 Å². The van der Waals surface area contributed by atoms with Crippen molar-refractivity contribution in [2.45, 2.75) is 37.6 Å². The third kappa shape index (κ3) is 2.43. The van der Waals surface area contributed by atoms with E-state index in [1.165, 1.54) is 0 Å². The fraction of sp³-hybridized carbons (Fsp3) is 1.00. The molecule has 12 heavy (non-hydrogen) atoms. The van der Waals surface area contributed by atoms with Crippen molar-refractivity contribution in [1.29, 1.82) is 0 Å². The summed E-state index contributed by atoms with van der Waals surface area (Å²) >= 11 is 0. The van der Waals surface area contributed by atoms with Crippen LogP contribution >= 0.6 is 0 Å². The topological polar surface area (TPSA) is 0 Å². The molecule has 1 saturated carbocycles. The van der Waals surface area contributed by atoms with Crippen LogP contribution in [0.2, 0.25) is 5.54 Å². The quantitative estimate of drug-likeness (QED) is 0.345. The molecule has 0 amide bonds. The van der Waals surface area contributed by atoms with Crippen LogP contribution in [-0.2, 0) is 0 Å². The molecule has 0 aromatic rings. The van der Waals surface area contributed by atoms with Crippen molar-refractivity contribution in [1.82, 2.24) is 0 Å². The molecule has 0 aromatic carbocycles. The molecule has 0 aromatic heterocycles. The summed E-state index contributed by atoms with van der Waals surface area (Å²) < 4.78 is 60.7. The third-order valence-electron chi connectivity index (χ3n) is 2.38. The first kappa shape index (κ1) is 9.95. The van der Waals surface area contributed by atoms with Gasteiger partial charge in [0.1, 0.15) is 0 Å². The Balaban J connectivity index is 2.81. The van der Waals surface area contributed by atoms with E-state index in [1.54, 1.807) is 0 Å². The maximum absolute atomic E-state index is 12.1. The number of hydrogen-bond acceptors (Lipinski definition) is 0. The van der Waals surface area contributed by atoms with Gasteiger partial charge in [-0.1, -0.05) is 0 Å². The van der Waals surface area contributed by atoms with Crippen LogP contribution in [0.25, 0.3) is 0 Å². The predicted octanol–water partition coefficient (Wildman–Crippen LogP) is 4.01. The Labute approximate surface area is 67.4 Å². The fourth-order valence-electron chi connectivity index (χ4n) is 1.65. The van der Waals surface area contributed by atoms with Gasteiger partial charge in [0.05, 0.1) is 0 Å². The maximum atomic E-state index is 12.1. The van der Waals surface area contributed by atoms with Gasteiger partial charge in [-0.2, -0.15) is 0 Å². The minimum absolute atomic E-state index is 0.283. The van der Waals surface area contributed by atoms with Crippen LogP contribution in [0.5, 0.6) is 0 Å². The van der Waals surface area contributed by atoms with Gasteiger partial charge in [-0.25, -0.2) is 0 Å². The molecule has 1 aliphatic carbocycles. The normalized spacial score (nSPS) is 27.8. The average molecular weight is 206 g/mol. The molecule has 0 N–H and O–H groups in total. The summed E-state index contributed by atoms with van der Waals surface area (Å²) in [6.45, 7) is 0. The van der Waals surface area contributed by atoms with Crippen molar-refractivity contribution in [2.24, 2.45) is 0 Å². The van der Waals surface area contributed by atoms with Gasteiger partial charge in [0, 0.05) is 0 Å². The van der Waals surface area contributed by atoms with Gasteiger partial charge in [0.15, 0.2) is 0 Å². The molecule has 1 rings (SSSR count). The number of halogens is 5. The molecule has 6 heteroatoms. The number of rotatable bonds is 1. The molecule has 0 radical (unpaired) electrons. The third-order valence-corrected chi connectivity index (χ3v) is 4.50. The van der Waals surface area contributed by atoms with Gasteiger partial charge in [-0.15, -0.1) is 0 Å². The van der Waals surface area contributed by atoms with E-state index < -0.39 is 13.8 Å². The van der Waals surface area contributed by atoms with Crippen molar-refractivity contribution in [3.63, 3.8) is 0 Å². The zero-order valence-electron chi connectivity index (χ0n) is 6.50. The Kier molecular flexibility index (Phi) is 1.68. The second kappa shape index (κ2) is 2.02. The first-order valence-electron chi connectivity index (χ1n) is 4.05. The summed E-state index contributed by atoms with van der Waals surface area (Å²) in [4.78, 5) is 0. The van der Waals surface area contributed by atoms with Crippen LogP contribution in [0.15, 0.2) is 0 Å². The van der Waals surface area contributed by atoms with Gasteiger partial charge in [-0.3, -0.25) is 0 Å². The van der Waals surface area contributed by atoms with Crippen LogP contribution in [0.1, 0.15) is 32.1 Å². The summed E-state index contributed by atoms with van der Waals surface area (Å²) in [5, 5.41) is 0. The molecule has 0 spiro atoms. The molecule has 1 fully saturated rings. The van der Waals surface area contributed by atoms with E-state index in [2.05, 4.69) is 0 Å². The van der Waals surface area contributed by atoms with Crippen molar-refractivity contribution < 1.29 is 20.5 Å². The predicted molar refractivity (Wildman–Crippen MR) is 38.1 cm³/mol. The second-order valence-electron chi connectivity index (χ2n) is 3.59. The zero-order chi connectivity index (χ0) is 9.52. The van der Waals surface area contributed by atoms with Crippen molar-refractivity contribution in [3.05, 3.63) is 0 Å². The summed E-state index contributed by atoms with van der Waals surface area (Å²) in [5.41, 5.74) is -2.28. The Hall–Kier alpha value is -0.133. The van der Waals surface area contributed by atoms with Gasteiger partial charge in [0.2, 0.25) is 0 Å². The first-order chi connectivity index (χ1) is 5.09. The van der Waals surface area contributed by atoms with Crippen LogP contribution in [0.3, 0.4) is 0 Å². The molecular weight excluding hydrogens is 195 g/mol. The average Bonchev–Trinajstić information content (AvgIpc) is 1.85. The molecule has 0 aliphatic heterocycles. The SMILES string of the molecule is F[Si-2](F)(F)(F)(F)C1CCCCC1. The van der Waals surface area contributed by atoms with Crippen LogP contribution < -0.4 is 0 Å². The Morgan fingerprint density at radius 1 is 0.750 bits per heavy atom. The fourth-order valence-corrected chi connectivity index (χ4v) is 3.15. The number of hydrogen-bond donors (Lipinski definition) is 0. The Morgan fingerprint density at radius 2 is 1.17 bits per heavy atom. The summed E-state index contributed by atoms with van der Waals surface area (Å²) in [7, 11) is -9.58. The van der Waals surface area contributed by atoms with Gasteiger partial charge in [0.25, 0.3) is 0 Å². The van der Waals surface area contributed by atoms with E-state index in [-0.39, 0.29) is 25.7 Å². The molecule has 76 valence electrons. The van der Waals surface area contributed by atoms with Crippen LogP contribution in [0.4, 0.5) is 20.5 Å². The van der Waals surface area contributed by atoms with E-state index in [0.29, 0.717) is 6.42 Å². The van der Waals surface area contributed by atoms with Crippen molar-refractivity contribution in [2.75, 3.05) is 0 Å². The summed E-state index contributed by atoms with van der Waals surface area (Å²) in [6.07, 6.45) is 0.467. The molecule has 1 aliphatic rings. The Morgan fingerprint density at radius 3 is 1.42 bits per heavy atom. The molecule has 0 atom stereocenters. The Bertz CT molecular complexity index is 173. The van der Waals surface area contributed by atoms with Crippen molar-refractivity contribution in [3.8, 4) is 0 Å². The standard InChI is InChI=1S/C6H11F5Si/c7-12(8,9,10,11)6-4-2-1-3-5-6/h6H,1-5H2/q-2. The second-order valence-corrected chi connectivity index (χ2v) is 6.93. The minimum atomic E-state index is -9.58. The van der Waals surface area contributed by atoms with E-state index in [0.717, 1.165) is 0 Å². The van der Waals surface area contributed by atoms with Gasteiger partial charge in [-0.05, 0) is 0 Å². The summed E-state index contributed by atoms with van der Waals surface area (Å²) in [6, 6.07) is 0. The first-order valence-corrected chi connectivity index (χ1v) is 6.52. The summed E-state index contributed by atoms with van der Waals surface area (Å²) in [5.74, 6) is 0. The molecule has 0 heterocycles. The molecular formula is C6H11F5Si-2. The van der Waals surface area contributed by atoms with Gasteiger partial charge >= 0.3 is 66.5 Å². The van der Waals surface area contributed by atoms with Crippen LogP contribution in [-0.4, -0.2) is 8.30 Å². The van der Waals surface area contributed by atoms with E-state index in [4.69, 9.17) is 0 Å². The van der Waals surface area contributed by atoms with E-state index in [1.807, 2.05) is 0 Å². The monoisotopic (exact) mass is 206 g/mol. The zero-order valence-corrected chi connectivity index (χ0v) is 7.50. The molecule has 0 bridgehead atoms. The molecule has 0 saturated heterocycles. The van der Waals surface area contributed by atoms with E-state index >= 15 is 0 Å². The molecule has 0 nitrogen and oxygen atoms in total. The molecule has 0 unspecified atom stereocenters.